The standard InChI is InChI=1S/C17H16N6O/c1-22-14-6-4-3-5-12(14)21-16(22)10-19-17(24)11-7-15-13(18-8-11)9-20-23(15)2/h3-9H,10H2,1-2H3,(H,19,24). The molecule has 4 rings (SSSR count). The van der Waals surface area contributed by atoms with E-state index in [2.05, 4.69) is 20.4 Å². The minimum Gasteiger partial charge on any atom is -0.345 e. The van der Waals surface area contributed by atoms with Crippen LogP contribution in [0.2, 0.25) is 0 Å². The molecule has 1 aromatic carbocycles. The lowest BCUT2D eigenvalue weighted by Crippen LogP contribution is -2.24. The van der Waals surface area contributed by atoms with Gasteiger partial charge in [-0.3, -0.25) is 14.5 Å². The van der Waals surface area contributed by atoms with E-state index in [1.54, 1.807) is 23.1 Å². The number of aryl methyl sites for hydroxylation is 2. The summed E-state index contributed by atoms with van der Waals surface area (Å²) in [6.45, 7) is 0.355. The number of carbonyl (C=O) groups is 1. The number of carbonyl (C=O) groups excluding carboxylic acids is 1. The molecule has 0 saturated carbocycles. The van der Waals surface area contributed by atoms with Crippen molar-refractivity contribution >= 4 is 28.0 Å². The van der Waals surface area contributed by atoms with Gasteiger partial charge < -0.3 is 9.88 Å². The number of nitrogens with zero attached hydrogens (tertiary/aromatic N) is 5. The molecule has 0 radical (unpaired) electrons. The summed E-state index contributed by atoms with van der Waals surface area (Å²) in [6, 6.07) is 9.68. The van der Waals surface area contributed by atoms with Gasteiger partial charge in [-0.05, 0) is 18.2 Å². The molecule has 3 heterocycles. The fourth-order valence-electron chi connectivity index (χ4n) is 2.76. The second-order valence-electron chi connectivity index (χ2n) is 5.65. The van der Waals surface area contributed by atoms with E-state index in [0.29, 0.717) is 12.1 Å². The molecular weight excluding hydrogens is 304 g/mol. The van der Waals surface area contributed by atoms with Crippen molar-refractivity contribution in [2.45, 2.75) is 6.54 Å². The molecule has 1 N–H and O–H groups in total. The van der Waals surface area contributed by atoms with Crippen LogP contribution >= 0.6 is 0 Å². The van der Waals surface area contributed by atoms with Crippen LogP contribution in [0.3, 0.4) is 0 Å². The summed E-state index contributed by atoms with van der Waals surface area (Å²) in [6.07, 6.45) is 3.24. The summed E-state index contributed by atoms with van der Waals surface area (Å²) in [5.74, 6) is 0.622. The van der Waals surface area contributed by atoms with Crippen molar-refractivity contribution in [3.05, 3.63) is 54.1 Å². The third-order valence-corrected chi connectivity index (χ3v) is 4.15. The first kappa shape index (κ1) is 14.4. The minimum atomic E-state index is -0.183. The maximum atomic E-state index is 12.4. The summed E-state index contributed by atoms with van der Waals surface area (Å²) in [5.41, 5.74) is 4.06. The molecule has 24 heavy (non-hydrogen) atoms. The van der Waals surface area contributed by atoms with Gasteiger partial charge in [0.15, 0.2) is 0 Å². The molecule has 3 aromatic heterocycles. The predicted octanol–water partition coefficient (Wildman–Crippen LogP) is 1.78. The number of amides is 1. The van der Waals surface area contributed by atoms with E-state index in [-0.39, 0.29) is 5.91 Å². The SMILES string of the molecule is Cn1ncc2ncc(C(=O)NCc3nc4ccccc4n3C)cc21. The summed E-state index contributed by atoms with van der Waals surface area (Å²) in [7, 11) is 3.77. The van der Waals surface area contributed by atoms with Gasteiger partial charge in [-0.2, -0.15) is 5.10 Å². The topological polar surface area (TPSA) is 77.6 Å². The third kappa shape index (κ3) is 2.30. The Kier molecular flexibility index (Phi) is 3.26. The molecule has 7 nitrogen and oxygen atoms in total. The molecule has 0 aliphatic rings. The highest BCUT2D eigenvalue weighted by Crippen LogP contribution is 2.15. The normalized spacial score (nSPS) is 11.2. The van der Waals surface area contributed by atoms with E-state index in [1.165, 1.54) is 0 Å². The van der Waals surface area contributed by atoms with Gasteiger partial charge in [-0.25, -0.2) is 4.98 Å². The molecule has 0 saturated heterocycles. The molecule has 1 amide bonds. The van der Waals surface area contributed by atoms with Crippen molar-refractivity contribution in [3.8, 4) is 0 Å². The quantitative estimate of drug-likeness (QED) is 0.624. The van der Waals surface area contributed by atoms with Crippen molar-refractivity contribution < 1.29 is 4.79 Å². The Morgan fingerprint density at radius 1 is 1.12 bits per heavy atom. The number of hydrogen-bond acceptors (Lipinski definition) is 4. The molecule has 120 valence electrons. The molecule has 0 unspecified atom stereocenters. The zero-order chi connectivity index (χ0) is 16.7. The summed E-state index contributed by atoms with van der Waals surface area (Å²) >= 11 is 0. The van der Waals surface area contributed by atoms with E-state index >= 15 is 0 Å². The smallest absolute Gasteiger partial charge is 0.253 e. The first-order chi connectivity index (χ1) is 11.6. The van der Waals surface area contributed by atoms with Crippen molar-refractivity contribution in [3.63, 3.8) is 0 Å². The first-order valence-electron chi connectivity index (χ1n) is 7.60. The van der Waals surface area contributed by atoms with Crippen LogP contribution < -0.4 is 5.32 Å². The van der Waals surface area contributed by atoms with Gasteiger partial charge in [-0.1, -0.05) is 12.1 Å². The van der Waals surface area contributed by atoms with Gasteiger partial charge in [0.1, 0.15) is 11.3 Å². The monoisotopic (exact) mass is 320 g/mol. The second kappa shape index (κ2) is 5.45. The third-order valence-electron chi connectivity index (χ3n) is 4.15. The summed E-state index contributed by atoms with van der Waals surface area (Å²) < 4.78 is 3.68. The van der Waals surface area contributed by atoms with E-state index in [1.807, 2.05) is 42.9 Å². The van der Waals surface area contributed by atoms with Crippen LogP contribution in [0, 0.1) is 0 Å². The number of benzene rings is 1. The van der Waals surface area contributed by atoms with E-state index in [9.17, 15) is 4.79 Å². The fraction of sp³-hybridized carbons (Fsp3) is 0.176. The number of rotatable bonds is 3. The maximum Gasteiger partial charge on any atom is 0.253 e. The number of aromatic nitrogens is 5. The number of pyridine rings is 1. The summed E-state index contributed by atoms with van der Waals surface area (Å²) in [5, 5.41) is 7.04. The van der Waals surface area contributed by atoms with Crippen molar-refractivity contribution in [1.82, 2.24) is 29.6 Å². The average molecular weight is 320 g/mol. The minimum absolute atomic E-state index is 0.183. The van der Waals surface area contributed by atoms with Gasteiger partial charge in [0, 0.05) is 20.3 Å². The zero-order valence-corrected chi connectivity index (χ0v) is 13.4. The van der Waals surface area contributed by atoms with Crippen LogP contribution in [-0.2, 0) is 20.6 Å². The molecule has 0 aliphatic heterocycles. The van der Waals surface area contributed by atoms with Gasteiger partial charge in [0.05, 0.1) is 34.9 Å². The van der Waals surface area contributed by atoms with E-state index in [4.69, 9.17) is 0 Å². The number of para-hydroxylation sites is 2. The highest BCUT2D eigenvalue weighted by atomic mass is 16.1. The molecule has 0 spiro atoms. The van der Waals surface area contributed by atoms with Crippen LogP contribution in [0.4, 0.5) is 0 Å². The Bertz CT molecular complexity index is 1060. The molecule has 4 aromatic rings. The lowest BCUT2D eigenvalue weighted by molar-refractivity contribution is 0.0949. The Labute approximate surface area is 137 Å². The Hall–Kier alpha value is -3.22. The molecular formula is C17H16N6O. The van der Waals surface area contributed by atoms with Crippen molar-refractivity contribution in [2.24, 2.45) is 14.1 Å². The van der Waals surface area contributed by atoms with Crippen molar-refractivity contribution in [1.29, 1.82) is 0 Å². The van der Waals surface area contributed by atoms with Crippen LogP contribution in [0.25, 0.3) is 22.1 Å². The largest absolute Gasteiger partial charge is 0.345 e. The molecule has 0 fully saturated rings. The number of nitrogens with one attached hydrogen (secondary N) is 1. The fourth-order valence-corrected chi connectivity index (χ4v) is 2.76. The maximum absolute atomic E-state index is 12.4. The predicted molar refractivity (Wildman–Crippen MR) is 90.4 cm³/mol. The highest BCUT2D eigenvalue weighted by molar-refractivity contribution is 5.96. The lowest BCUT2D eigenvalue weighted by Gasteiger charge is -2.06. The lowest BCUT2D eigenvalue weighted by atomic mass is 10.2. The second-order valence-corrected chi connectivity index (χ2v) is 5.65. The van der Waals surface area contributed by atoms with Crippen LogP contribution in [0.1, 0.15) is 16.2 Å². The van der Waals surface area contributed by atoms with E-state index in [0.717, 1.165) is 27.9 Å². The highest BCUT2D eigenvalue weighted by Gasteiger charge is 2.12. The summed E-state index contributed by atoms with van der Waals surface area (Å²) in [4.78, 5) is 21.2. The first-order valence-corrected chi connectivity index (χ1v) is 7.60. The van der Waals surface area contributed by atoms with Gasteiger partial charge in [-0.15, -0.1) is 0 Å². The molecule has 0 atom stereocenters. The Balaban J connectivity index is 1.56. The molecule has 7 heteroatoms. The van der Waals surface area contributed by atoms with Crippen LogP contribution in [0.15, 0.2) is 42.7 Å². The molecule has 0 bridgehead atoms. The number of imidazole rings is 1. The van der Waals surface area contributed by atoms with Gasteiger partial charge >= 0.3 is 0 Å². The average Bonchev–Trinajstić information content (AvgIpc) is 3.13. The van der Waals surface area contributed by atoms with Crippen LogP contribution in [-0.4, -0.2) is 30.2 Å². The zero-order valence-electron chi connectivity index (χ0n) is 13.4. The number of fused-ring (bicyclic) bond motifs is 2. The Morgan fingerprint density at radius 2 is 1.96 bits per heavy atom. The van der Waals surface area contributed by atoms with Crippen molar-refractivity contribution in [2.75, 3.05) is 0 Å². The Morgan fingerprint density at radius 3 is 2.79 bits per heavy atom. The van der Waals surface area contributed by atoms with Gasteiger partial charge in [0.2, 0.25) is 0 Å². The number of hydrogen-bond donors (Lipinski definition) is 1. The van der Waals surface area contributed by atoms with E-state index < -0.39 is 0 Å². The van der Waals surface area contributed by atoms with Gasteiger partial charge in [0.25, 0.3) is 5.91 Å². The molecule has 0 aliphatic carbocycles. The van der Waals surface area contributed by atoms with Crippen LogP contribution in [0.5, 0.6) is 0 Å².